The van der Waals surface area contributed by atoms with Gasteiger partial charge in [-0.15, -0.1) is 0 Å². The summed E-state index contributed by atoms with van der Waals surface area (Å²) >= 11 is 0. The standard InChI is InChI=1S/C15H24N4/c1-11-7-13(16)8-17-15(11)19-10-14-5-3-4-6-18(14)9-12(19)2/h7-8,12,14H,3-6,9-10,16H2,1-2H3. The minimum atomic E-state index is 0.532. The normalized spacial score (nSPS) is 28.2. The lowest BCUT2D eigenvalue weighted by atomic mass is 9.97. The number of nitrogens with two attached hydrogens (primary N) is 1. The molecule has 0 spiro atoms. The summed E-state index contributed by atoms with van der Waals surface area (Å²) in [5.41, 5.74) is 7.75. The maximum absolute atomic E-state index is 5.81. The van der Waals surface area contributed by atoms with E-state index in [0.29, 0.717) is 12.1 Å². The third-order valence-corrected chi connectivity index (χ3v) is 4.53. The number of hydrogen-bond donors (Lipinski definition) is 1. The first-order valence-corrected chi connectivity index (χ1v) is 7.38. The number of piperidine rings is 1. The van der Waals surface area contributed by atoms with Gasteiger partial charge in [-0.1, -0.05) is 6.42 Å². The molecule has 2 aliphatic heterocycles. The Morgan fingerprint density at radius 3 is 2.95 bits per heavy atom. The number of anilines is 2. The molecule has 0 bridgehead atoms. The summed E-state index contributed by atoms with van der Waals surface area (Å²) in [6.45, 7) is 7.97. The largest absolute Gasteiger partial charge is 0.397 e. The Morgan fingerprint density at radius 1 is 1.32 bits per heavy atom. The van der Waals surface area contributed by atoms with E-state index < -0.39 is 0 Å². The molecule has 3 heterocycles. The number of rotatable bonds is 1. The molecule has 2 N–H and O–H groups in total. The highest BCUT2D eigenvalue weighted by Crippen LogP contribution is 2.29. The monoisotopic (exact) mass is 260 g/mol. The third-order valence-electron chi connectivity index (χ3n) is 4.53. The fraction of sp³-hybridized carbons (Fsp3) is 0.667. The van der Waals surface area contributed by atoms with Gasteiger partial charge in [-0.3, -0.25) is 4.90 Å². The summed E-state index contributed by atoms with van der Waals surface area (Å²) in [6, 6.07) is 3.27. The Hall–Kier alpha value is -1.29. The number of aryl methyl sites for hydroxylation is 1. The number of piperazine rings is 1. The lowest BCUT2D eigenvalue weighted by molar-refractivity contribution is 0.115. The van der Waals surface area contributed by atoms with E-state index >= 15 is 0 Å². The zero-order valence-corrected chi connectivity index (χ0v) is 12.0. The Bertz CT molecular complexity index is 459. The molecule has 19 heavy (non-hydrogen) atoms. The minimum Gasteiger partial charge on any atom is -0.397 e. The van der Waals surface area contributed by atoms with Gasteiger partial charge in [0.25, 0.3) is 0 Å². The van der Waals surface area contributed by atoms with Crippen LogP contribution in [0.2, 0.25) is 0 Å². The van der Waals surface area contributed by atoms with Gasteiger partial charge in [-0.25, -0.2) is 4.98 Å². The maximum Gasteiger partial charge on any atom is 0.131 e. The van der Waals surface area contributed by atoms with Crippen LogP contribution >= 0.6 is 0 Å². The van der Waals surface area contributed by atoms with Gasteiger partial charge in [0.2, 0.25) is 0 Å². The van der Waals surface area contributed by atoms with E-state index in [9.17, 15) is 0 Å². The molecular formula is C15H24N4. The Labute approximate surface area is 115 Å². The minimum absolute atomic E-state index is 0.532. The maximum atomic E-state index is 5.81. The molecule has 2 unspecified atom stereocenters. The predicted molar refractivity (Wildman–Crippen MR) is 79.4 cm³/mol. The summed E-state index contributed by atoms with van der Waals surface area (Å²) in [5, 5.41) is 0. The van der Waals surface area contributed by atoms with Gasteiger partial charge in [-0.05, 0) is 44.9 Å². The zero-order chi connectivity index (χ0) is 13.4. The number of hydrogen-bond acceptors (Lipinski definition) is 4. The van der Waals surface area contributed by atoms with Crippen LogP contribution in [0.25, 0.3) is 0 Å². The first kappa shape index (κ1) is 12.7. The summed E-state index contributed by atoms with van der Waals surface area (Å²) in [5.74, 6) is 1.12. The summed E-state index contributed by atoms with van der Waals surface area (Å²) in [6.07, 6.45) is 5.85. The highest BCUT2D eigenvalue weighted by atomic mass is 15.3. The van der Waals surface area contributed by atoms with Gasteiger partial charge in [-0.2, -0.15) is 0 Å². The molecule has 0 amide bonds. The van der Waals surface area contributed by atoms with Crippen LogP contribution in [0.1, 0.15) is 31.7 Å². The van der Waals surface area contributed by atoms with Crippen molar-refractivity contribution in [2.24, 2.45) is 0 Å². The van der Waals surface area contributed by atoms with E-state index in [1.165, 1.54) is 31.4 Å². The Kier molecular flexibility index (Phi) is 3.35. The van der Waals surface area contributed by atoms with Crippen molar-refractivity contribution in [3.8, 4) is 0 Å². The second kappa shape index (κ2) is 5.00. The van der Waals surface area contributed by atoms with Crippen LogP contribution in [0.5, 0.6) is 0 Å². The molecule has 1 aromatic rings. The van der Waals surface area contributed by atoms with E-state index in [0.717, 1.165) is 24.6 Å². The Morgan fingerprint density at radius 2 is 2.16 bits per heavy atom. The molecule has 2 aliphatic rings. The molecule has 4 heteroatoms. The fourth-order valence-corrected chi connectivity index (χ4v) is 3.54. The van der Waals surface area contributed by atoms with Crippen LogP contribution in [0.15, 0.2) is 12.3 Å². The molecule has 0 aliphatic carbocycles. The van der Waals surface area contributed by atoms with Crippen LogP contribution < -0.4 is 10.6 Å². The molecule has 2 fully saturated rings. The summed E-state index contributed by atoms with van der Waals surface area (Å²) < 4.78 is 0. The molecule has 104 valence electrons. The molecule has 0 radical (unpaired) electrons. The molecule has 1 aromatic heterocycles. The third kappa shape index (κ3) is 2.41. The number of pyridine rings is 1. The van der Waals surface area contributed by atoms with Crippen molar-refractivity contribution in [2.75, 3.05) is 30.3 Å². The van der Waals surface area contributed by atoms with E-state index in [1.54, 1.807) is 6.20 Å². The highest BCUT2D eigenvalue weighted by molar-refractivity contribution is 5.53. The van der Waals surface area contributed by atoms with E-state index in [-0.39, 0.29) is 0 Å². The van der Waals surface area contributed by atoms with Crippen molar-refractivity contribution < 1.29 is 0 Å². The van der Waals surface area contributed by atoms with Crippen LogP contribution in [-0.4, -0.2) is 41.6 Å². The van der Waals surface area contributed by atoms with E-state index in [1.807, 2.05) is 6.07 Å². The van der Waals surface area contributed by atoms with Crippen molar-refractivity contribution in [1.29, 1.82) is 0 Å². The van der Waals surface area contributed by atoms with Crippen molar-refractivity contribution in [1.82, 2.24) is 9.88 Å². The van der Waals surface area contributed by atoms with Crippen LogP contribution in [0.4, 0.5) is 11.5 Å². The fourth-order valence-electron chi connectivity index (χ4n) is 3.54. The van der Waals surface area contributed by atoms with E-state index in [2.05, 4.69) is 28.6 Å². The summed E-state index contributed by atoms with van der Waals surface area (Å²) in [4.78, 5) is 9.71. The van der Waals surface area contributed by atoms with Gasteiger partial charge in [0.1, 0.15) is 5.82 Å². The number of aromatic nitrogens is 1. The number of nitrogens with zero attached hydrogens (tertiary/aromatic N) is 3. The molecule has 3 rings (SSSR count). The second-order valence-electron chi connectivity index (χ2n) is 6.06. The van der Waals surface area contributed by atoms with Crippen molar-refractivity contribution in [2.45, 2.75) is 45.2 Å². The van der Waals surface area contributed by atoms with Gasteiger partial charge in [0.05, 0.1) is 11.9 Å². The van der Waals surface area contributed by atoms with Crippen molar-refractivity contribution in [3.63, 3.8) is 0 Å². The molecule has 2 atom stereocenters. The Balaban J connectivity index is 1.83. The average molecular weight is 260 g/mol. The molecular weight excluding hydrogens is 236 g/mol. The van der Waals surface area contributed by atoms with Gasteiger partial charge in [0.15, 0.2) is 0 Å². The average Bonchev–Trinajstić information content (AvgIpc) is 2.38. The SMILES string of the molecule is Cc1cc(N)cnc1N1CC2CCCCN2CC1C. The lowest BCUT2D eigenvalue weighted by Gasteiger charge is -2.48. The predicted octanol–water partition coefficient (Wildman–Crippen LogP) is 2.04. The zero-order valence-electron chi connectivity index (χ0n) is 12.0. The van der Waals surface area contributed by atoms with Gasteiger partial charge in [0, 0.05) is 25.2 Å². The second-order valence-corrected chi connectivity index (χ2v) is 6.06. The topological polar surface area (TPSA) is 45.4 Å². The summed E-state index contributed by atoms with van der Waals surface area (Å²) in [7, 11) is 0. The highest BCUT2D eigenvalue weighted by Gasteiger charge is 2.33. The van der Waals surface area contributed by atoms with Gasteiger partial charge >= 0.3 is 0 Å². The first-order chi connectivity index (χ1) is 9.15. The van der Waals surface area contributed by atoms with Gasteiger partial charge < -0.3 is 10.6 Å². The smallest absolute Gasteiger partial charge is 0.131 e. The number of fused-ring (bicyclic) bond motifs is 1. The lowest BCUT2D eigenvalue weighted by Crippen LogP contribution is -2.59. The first-order valence-electron chi connectivity index (χ1n) is 7.38. The van der Waals surface area contributed by atoms with Crippen molar-refractivity contribution in [3.05, 3.63) is 17.8 Å². The van der Waals surface area contributed by atoms with Crippen LogP contribution in [0, 0.1) is 6.92 Å². The molecule has 0 saturated carbocycles. The quantitative estimate of drug-likeness (QED) is 0.839. The molecule has 4 nitrogen and oxygen atoms in total. The number of nitrogen functional groups attached to an aromatic ring is 1. The van der Waals surface area contributed by atoms with Crippen LogP contribution in [-0.2, 0) is 0 Å². The van der Waals surface area contributed by atoms with E-state index in [4.69, 9.17) is 5.73 Å². The van der Waals surface area contributed by atoms with Crippen molar-refractivity contribution >= 4 is 11.5 Å². The molecule has 0 aromatic carbocycles. The van der Waals surface area contributed by atoms with Crippen LogP contribution in [0.3, 0.4) is 0 Å². The molecule has 2 saturated heterocycles.